The second-order valence-electron chi connectivity index (χ2n) is 11.3. The second-order valence-corrected chi connectivity index (χ2v) is 11.3. The van der Waals surface area contributed by atoms with Crippen molar-refractivity contribution in [2.45, 2.75) is 51.2 Å². The molecule has 0 spiro atoms. The fourth-order valence-corrected chi connectivity index (χ4v) is 6.24. The molecule has 2 N–H and O–H groups in total. The number of fused-ring (bicyclic) bond motifs is 2. The largest absolute Gasteiger partial charge is 0.497 e. The Bertz CT molecular complexity index is 1070. The zero-order valence-corrected chi connectivity index (χ0v) is 23.7. The first kappa shape index (κ1) is 28.0. The van der Waals surface area contributed by atoms with Crippen molar-refractivity contribution in [3.8, 4) is 11.5 Å². The van der Waals surface area contributed by atoms with Gasteiger partial charge in [-0.3, -0.25) is 9.80 Å². The second kappa shape index (κ2) is 12.3. The van der Waals surface area contributed by atoms with E-state index in [1.54, 1.807) is 14.2 Å². The highest BCUT2D eigenvalue weighted by molar-refractivity contribution is 5.70. The lowest BCUT2D eigenvalue weighted by Gasteiger charge is -2.37. The average molecular weight is 553 g/mol. The number of carbonyl (C=O) groups excluding carboxylic acids is 2. The fourth-order valence-electron chi connectivity index (χ4n) is 6.24. The van der Waals surface area contributed by atoms with Gasteiger partial charge in [0.05, 0.1) is 26.3 Å². The number of likely N-dealkylation sites (tertiary alicyclic amines) is 2. The highest BCUT2D eigenvalue weighted by Gasteiger charge is 2.43. The monoisotopic (exact) mass is 552 g/mol. The Morgan fingerprint density at radius 3 is 1.40 bits per heavy atom. The van der Waals surface area contributed by atoms with Crippen LogP contribution < -0.4 is 20.1 Å². The molecule has 4 saturated heterocycles. The van der Waals surface area contributed by atoms with Crippen molar-refractivity contribution in [2.24, 2.45) is 11.8 Å². The summed E-state index contributed by atoms with van der Waals surface area (Å²) in [6, 6.07) is 16.5. The van der Waals surface area contributed by atoms with E-state index in [1.165, 1.54) is 11.1 Å². The number of amides is 2. The van der Waals surface area contributed by atoms with Gasteiger partial charge in [0.1, 0.15) is 23.7 Å². The van der Waals surface area contributed by atoms with Crippen molar-refractivity contribution in [1.82, 2.24) is 20.4 Å². The molecule has 4 fully saturated rings. The highest BCUT2D eigenvalue weighted by atomic mass is 16.6. The predicted octanol–water partition coefficient (Wildman–Crippen LogP) is 3.25. The minimum absolute atomic E-state index is 0.0228. The lowest BCUT2D eigenvalue weighted by atomic mass is 9.92. The van der Waals surface area contributed by atoms with Gasteiger partial charge in [0, 0.05) is 51.1 Å². The SMILES string of the molecule is COc1ccc(CN2C[C@@H](C)C3OC(=O)N[C@@H]3C2)cc1.COc1ccc(CN2C[C@H](C)C3OC(=O)N[C@@H]3C2)cc1. The number of carbonyl (C=O) groups is 2. The van der Waals surface area contributed by atoms with Crippen LogP contribution in [0.3, 0.4) is 0 Å². The first-order valence-corrected chi connectivity index (χ1v) is 14.0. The van der Waals surface area contributed by atoms with E-state index in [4.69, 9.17) is 18.9 Å². The summed E-state index contributed by atoms with van der Waals surface area (Å²) in [6.45, 7) is 9.61. The van der Waals surface area contributed by atoms with Gasteiger partial charge < -0.3 is 29.6 Å². The maximum atomic E-state index is 11.3. The standard InChI is InChI=1S/2C15H20N2O3/c2*1-10-7-17(9-13-14(10)20-15(18)16-13)8-11-3-5-12(19-2)6-4-11/h2*3-6,10,13-14H,7-9H2,1-2H3,(H,16,18)/t10-,13+,14?;10-,13-,14?/m01/s1. The topological polar surface area (TPSA) is 102 Å². The van der Waals surface area contributed by atoms with Gasteiger partial charge in [-0.05, 0) is 35.4 Å². The number of hydrogen-bond donors (Lipinski definition) is 2. The van der Waals surface area contributed by atoms with Crippen molar-refractivity contribution in [2.75, 3.05) is 40.4 Å². The molecule has 6 rings (SSSR count). The summed E-state index contributed by atoms with van der Waals surface area (Å²) in [4.78, 5) is 27.4. The van der Waals surface area contributed by atoms with Crippen molar-refractivity contribution < 1.29 is 28.5 Å². The van der Waals surface area contributed by atoms with Crippen LogP contribution in [0.2, 0.25) is 0 Å². The third-order valence-electron chi connectivity index (χ3n) is 8.14. The number of nitrogens with one attached hydrogen (secondary N) is 2. The Labute approximate surface area is 235 Å². The molecule has 0 radical (unpaired) electrons. The normalized spacial score (nSPS) is 29.5. The molecule has 6 atom stereocenters. The molecule has 4 aliphatic heterocycles. The molecule has 10 nitrogen and oxygen atoms in total. The van der Waals surface area contributed by atoms with E-state index < -0.39 is 0 Å². The molecule has 2 aromatic carbocycles. The minimum atomic E-state index is -0.279. The third kappa shape index (κ3) is 6.62. The summed E-state index contributed by atoms with van der Waals surface area (Å²) in [7, 11) is 3.34. The lowest BCUT2D eigenvalue weighted by Crippen LogP contribution is -2.52. The maximum absolute atomic E-state index is 11.3. The fraction of sp³-hybridized carbons (Fsp3) is 0.533. The lowest BCUT2D eigenvalue weighted by molar-refractivity contribution is 0.0353. The molecule has 4 aliphatic rings. The first-order valence-electron chi connectivity index (χ1n) is 14.0. The molecule has 4 heterocycles. The predicted molar refractivity (Wildman–Crippen MR) is 149 cm³/mol. The van der Waals surface area contributed by atoms with E-state index in [-0.39, 0.29) is 36.5 Å². The van der Waals surface area contributed by atoms with Gasteiger partial charge in [0.15, 0.2) is 0 Å². The molecule has 0 bridgehead atoms. The van der Waals surface area contributed by atoms with Crippen LogP contribution in [0.25, 0.3) is 0 Å². The quantitative estimate of drug-likeness (QED) is 0.563. The van der Waals surface area contributed by atoms with E-state index in [9.17, 15) is 9.59 Å². The van der Waals surface area contributed by atoms with E-state index in [2.05, 4.69) is 58.5 Å². The van der Waals surface area contributed by atoms with Crippen LogP contribution in [0.15, 0.2) is 48.5 Å². The van der Waals surface area contributed by atoms with Crippen LogP contribution in [-0.4, -0.2) is 86.7 Å². The Balaban J connectivity index is 0.000000161. The molecule has 10 heteroatoms. The number of methoxy groups -OCH3 is 2. The molecule has 0 saturated carbocycles. The van der Waals surface area contributed by atoms with Crippen LogP contribution in [0.4, 0.5) is 9.59 Å². The van der Waals surface area contributed by atoms with Crippen molar-refractivity contribution in [1.29, 1.82) is 0 Å². The Hall–Kier alpha value is -3.50. The minimum Gasteiger partial charge on any atom is -0.497 e. The zero-order chi connectivity index (χ0) is 28.2. The van der Waals surface area contributed by atoms with Gasteiger partial charge in [0.25, 0.3) is 0 Å². The molecule has 2 unspecified atom stereocenters. The number of nitrogens with zero attached hydrogens (tertiary/aromatic N) is 2. The smallest absolute Gasteiger partial charge is 0.407 e. The van der Waals surface area contributed by atoms with E-state index in [1.807, 2.05) is 24.3 Å². The summed E-state index contributed by atoms with van der Waals surface area (Å²) in [5.74, 6) is 2.45. The zero-order valence-electron chi connectivity index (χ0n) is 23.7. The Morgan fingerprint density at radius 2 is 1.05 bits per heavy atom. The molecule has 216 valence electrons. The van der Waals surface area contributed by atoms with Crippen molar-refractivity contribution in [3.05, 3.63) is 59.7 Å². The number of piperidine rings is 2. The molecule has 2 aromatic rings. The van der Waals surface area contributed by atoms with E-state index in [0.717, 1.165) is 50.8 Å². The summed E-state index contributed by atoms with van der Waals surface area (Å²) < 4.78 is 21.0. The average Bonchev–Trinajstić information content (AvgIpc) is 3.51. The van der Waals surface area contributed by atoms with Crippen LogP contribution in [0, 0.1) is 11.8 Å². The number of alkyl carbamates (subject to hydrolysis) is 2. The van der Waals surface area contributed by atoms with E-state index >= 15 is 0 Å². The van der Waals surface area contributed by atoms with Gasteiger partial charge in [-0.2, -0.15) is 0 Å². The highest BCUT2D eigenvalue weighted by Crippen LogP contribution is 2.27. The summed E-state index contributed by atoms with van der Waals surface area (Å²) in [5, 5.41) is 5.79. The van der Waals surface area contributed by atoms with Crippen LogP contribution >= 0.6 is 0 Å². The van der Waals surface area contributed by atoms with Gasteiger partial charge >= 0.3 is 12.2 Å². The molecule has 0 aromatic heterocycles. The molecular weight excluding hydrogens is 512 g/mol. The van der Waals surface area contributed by atoms with Crippen molar-refractivity contribution in [3.63, 3.8) is 0 Å². The van der Waals surface area contributed by atoms with E-state index in [0.29, 0.717) is 11.8 Å². The van der Waals surface area contributed by atoms with Crippen LogP contribution in [0.1, 0.15) is 25.0 Å². The molecule has 2 amide bonds. The first-order chi connectivity index (χ1) is 19.3. The number of hydrogen-bond acceptors (Lipinski definition) is 8. The molecular formula is C30H40N4O6. The maximum Gasteiger partial charge on any atom is 0.407 e. The Kier molecular flexibility index (Phi) is 8.66. The van der Waals surface area contributed by atoms with Crippen LogP contribution in [0.5, 0.6) is 11.5 Å². The number of benzene rings is 2. The van der Waals surface area contributed by atoms with Gasteiger partial charge in [-0.15, -0.1) is 0 Å². The Morgan fingerprint density at radius 1 is 0.675 bits per heavy atom. The molecule has 0 aliphatic carbocycles. The van der Waals surface area contributed by atoms with Gasteiger partial charge in [-0.25, -0.2) is 9.59 Å². The number of rotatable bonds is 6. The van der Waals surface area contributed by atoms with Gasteiger partial charge in [0.2, 0.25) is 0 Å². The van der Waals surface area contributed by atoms with Gasteiger partial charge in [-0.1, -0.05) is 38.1 Å². The number of ether oxygens (including phenoxy) is 4. The summed E-state index contributed by atoms with van der Waals surface area (Å²) in [5.41, 5.74) is 2.50. The summed E-state index contributed by atoms with van der Waals surface area (Å²) in [6.07, 6.45) is -0.513. The third-order valence-corrected chi connectivity index (χ3v) is 8.14. The van der Waals surface area contributed by atoms with Crippen molar-refractivity contribution >= 4 is 12.2 Å². The molecule has 40 heavy (non-hydrogen) atoms. The summed E-state index contributed by atoms with van der Waals surface area (Å²) >= 11 is 0. The van der Waals surface area contributed by atoms with Crippen LogP contribution in [-0.2, 0) is 22.6 Å².